The molecule has 23 heavy (non-hydrogen) atoms. The van der Waals surface area contributed by atoms with Crippen molar-refractivity contribution in [1.29, 1.82) is 0 Å². The van der Waals surface area contributed by atoms with E-state index in [1.165, 1.54) is 0 Å². The van der Waals surface area contributed by atoms with Crippen LogP contribution in [0.3, 0.4) is 0 Å². The predicted octanol–water partition coefficient (Wildman–Crippen LogP) is 0.991. The molecule has 0 N–H and O–H groups in total. The molecule has 1 unspecified atom stereocenters. The lowest BCUT2D eigenvalue weighted by molar-refractivity contribution is -0.132. The van der Waals surface area contributed by atoms with Crippen molar-refractivity contribution < 1.29 is 13.2 Å². The van der Waals surface area contributed by atoms with Gasteiger partial charge < -0.3 is 4.90 Å². The van der Waals surface area contributed by atoms with Gasteiger partial charge in [0.05, 0.1) is 11.8 Å². The van der Waals surface area contributed by atoms with E-state index in [1.807, 2.05) is 11.8 Å². The molecule has 2 aliphatic rings. The third kappa shape index (κ3) is 4.67. The molecule has 2 rings (SSSR count). The van der Waals surface area contributed by atoms with E-state index >= 15 is 0 Å². The Balaban J connectivity index is 1.85. The third-order valence-corrected chi connectivity index (χ3v) is 6.89. The minimum absolute atomic E-state index is 0.0433. The van der Waals surface area contributed by atoms with E-state index in [-0.39, 0.29) is 17.7 Å². The molecule has 2 fully saturated rings. The number of nitrogens with zero attached hydrogens (tertiary/aromatic N) is 3. The minimum atomic E-state index is -3.11. The van der Waals surface area contributed by atoms with E-state index in [4.69, 9.17) is 0 Å². The maximum atomic E-state index is 12.6. The lowest BCUT2D eigenvalue weighted by atomic mass is 10.1. The largest absolute Gasteiger partial charge is 0.341 e. The van der Waals surface area contributed by atoms with Crippen molar-refractivity contribution in [2.24, 2.45) is 5.92 Å². The van der Waals surface area contributed by atoms with E-state index in [0.29, 0.717) is 38.5 Å². The molecule has 0 aromatic carbocycles. The van der Waals surface area contributed by atoms with E-state index in [9.17, 15) is 13.2 Å². The summed E-state index contributed by atoms with van der Waals surface area (Å²) in [6, 6.07) is -0.0433. The summed E-state index contributed by atoms with van der Waals surface area (Å²) in [6.45, 7) is 10.3. The van der Waals surface area contributed by atoms with Crippen LogP contribution < -0.4 is 0 Å². The quantitative estimate of drug-likeness (QED) is 0.690. The monoisotopic (exact) mass is 345 g/mol. The first-order valence-electron chi connectivity index (χ1n) is 8.85. The highest BCUT2D eigenvalue weighted by Gasteiger charge is 2.38. The van der Waals surface area contributed by atoms with Crippen molar-refractivity contribution >= 4 is 15.9 Å². The Morgan fingerprint density at radius 2 is 1.78 bits per heavy atom. The van der Waals surface area contributed by atoms with Crippen LogP contribution in [0.5, 0.6) is 0 Å². The van der Waals surface area contributed by atoms with E-state index in [2.05, 4.69) is 18.7 Å². The first kappa shape index (κ1) is 18.7. The molecule has 2 saturated heterocycles. The van der Waals surface area contributed by atoms with Crippen LogP contribution in [0.25, 0.3) is 0 Å². The van der Waals surface area contributed by atoms with Crippen LogP contribution in [0.4, 0.5) is 0 Å². The lowest BCUT2D eigenvalue weighted by Gasteiger charge is -2.36. The Bertz CT molecular complexity index is 499. The molecule has 6 nitrogen and oxygen atoms in total. The molecule has 7 heteroatoms. The average molecular weight is 346 g/mol. The van der Waals surface area contributed by atoms with Gasteiger partial charge in [0.2, 0.25) is 15.9 Å². The molecule has 0 aliphatic carbocycles. The number of amides is 1. The molecule has 1 amide bonds. The standard InChI is InChI=1S/C16H31N3O3S/c1-4-13-23(21,22)19-11-9-17(10-12-19)15-6-8-18(16(15)20)7-5-14(2)3/h14-15H,4-13H2,1-3H3. The van der Waals surface area contributed by atoms with Crippen molar-refractivity contribution in [3.63, 3.8) is 0 Å². The molecule has 1 atom stereocenters. The summed E-state index contributed by atoms with van der Waals surface area (Å²) in [4.78, 5) is 16.7. The van der Waals surface area contributed by atoms with Gasteiger partial charge in [-0.05, 0) is 25.2 Å². The first-order chi connectivity index (χ1) is 10.8. The first-order valence-corrected chi connectivity index (χ1v) is 10.5. The van der Waals surface area contributed by atoms with Gasteiger partial charge >= 0.3 is 0 Å². The van der Waals surface area contributed by atoms with E-state index in [1.54, 1.807) is 4.31 Å². The number of rotatable bonds is 7. The number of piperazine rings is 1. The summed E-state index contributed by atoms with van der Waals surface area (Å²) in [5.41, 5.74) is 0. The normalized spacial score (nSPS) is 24.8. The number of hydrogen-bond donors (Lipinski definition) is 0. The van der Waals surface area contributed by atoms with Gasteiger partial charge in [0.15, 0.2) is 0 Å². The van der Waals surface area contributed by atoms with E-state index < -0.39 is 10.0 Å². The highest BCUT2D eigenvalue weighted by Crippen LogP contribution is 2.21. The molecular weight excluding hydrogens is 314 g/mol. The number of carbonyl (C=O) groups is 1. The van der Waals surface area contributed by atoms with Crippen LogP contribution >= 0.6 is 0 Å². The Morgan fingerprint density at radius 1 is 1.13 bits per heavy atom. The van der Waals surface area contributed by atoms with Crippen LogP contribution in [0.1, 0.15) is 40.0 Å². The number of likely N-dealkylation sites (tertiary alicyclic amines) is 1. The third-order valence-electron chi connectivity index (χ3n) is 4.82. The van der Waals surface area contributed by atoms with Crippen molar-refractivity contribution in [3.8, 4) is 0 Å². The summed E-state index contributed by atoms with van der Waals surface area (Å²) >= 11 is 0. The fraction of sp³-hybridized carbons (Fsp3) is 0.938. The molecule has 0 bridgehead atoms. The summed E-state index contributed by atoms with van der Waals surface area (Å²) in [7, 11) is -3.11. The van der Waals surface area contributed by atoms with Crippen LogP contribution in [-0.2, 0) is 14.8 Å². The summed E-state index contributed by atoms with van der Waals surface area (Å²) in [6.07, 6.45) is 2.56. The van der Waals surface area contributed by atoms with Gasteiger partial charge in [-0.3, -0.25) is 9.69 Å². The second-order valence-corrected chi connectivity index (χ2v) is 9.15. The molecule has 0 aromatic heterocycles. The van der Waals surface area contributed by atoms with E-state index in [0.717, 1.165) is 25.9 Å². The highest BCUT2D eigenvalue weighted by atomic mass is 32.2. The second-order valence-electron chi connectivity index (χ2n) is 7.06. The summed E-state index contributed by atoms with van der Waals surface area (Å²) in [5, 5.41) is 0. The van der Waals surface area contributed by atoms with Gasteiger partial charge in [0, 0.05) is 39.3 Å². The van der Waals surface area contributed by atoms with Crippen molar-refractivity contribution in [3.05, 3.63) is 0 Å². The second kappa shape index (κ2) is 7.94. The van der Waals surface area contributed by atoms with Crippen molar-refractivity contribution in [2.75, 3.05) is 45.0 Å². The fourth-order valence-corrected chi connectivity index (χ4v) is 4.87. The number of sulfonamides is 1. The maximum absolute atomic E-state index is 12.6. The zero-order valence-corrected chi connectivity index (χ0v) is 15.5. The molecule has 0 saturated carbocycles. The van der Waals surface area contributed by atoms with Gasteiger partial charge in [-0.2, -0.15) is 4.31 Å². The van der Waals surface area contributed by atoms with Gasteiger partial charge in [-0.25, -0.2) is 8.42 Å². The van der Waals surface area contributed by atoms with Crippen LogP contribution in [0.15, 0.2) is 0 Å². The molecular formula is C16H31N3O3S. The highest BCUT2D eigenvalue weighted by molar-refractivity contribution is 7.89. The molecule has 2 heterocycles. The van der Waals surface area contributed by atoms with Crippen LogP contribution in [-0.4, -0.2) is 79.5 Å². The predicted molar refractivity (Wildman–Crippen MR) is 91.7 cm³/mol. The van der Waals surface area contributed by atoms with Crippen molar-refractivity contribution in [2.45, 2.75) is 46.1 Å². The molecule has 2 aliphatic heterocycles. The van der Waals surface area contributed by atoms with Gasteiger partial charge in [0.1, 0.15) is 0 Å². The smallest absolute Gasteiger partial charge is 0.239 e. The van der Waals surface area contributed by atoms with Crippen molar-refractivity contribution in [1.82, 2.24) is 14.1 Å². The van der Waals surface area contributed by atoms with Gasteiger partial charge in [0.25, 0.3) is 0 Å². The Hall–Kier alpha value is -0.660. The lowest BCUT2D eigenvalue weighted by Crippen LogP contribution is -2.54. The molecule has 0 spiro atoms. The van der Waals surface area contributed by atoms with Crippen LogP contribution in [0.2, 0.25) is 0 Å². The summed E-state index contributed by atoms with van der Waals surface area (Å²) < 4.78 is 25.8. The zero-order chi connectivity index (χ0) is 17.0. The Morgan fingerprint density at radius 3 is 2.35 bits per heavy atom. The molecule has 134 valence electrons. The summed E-state index contributed by atoms with van der Waals surface area (Å²) in [5.74, 6) is 1.06. The zero-order valence-electron chi connectivity index (χ0n) is 14.7. The Kier molecular flexibility index (Phi) is 6.45. The SMILES string of the molecule is CCCS(=O)(=O)N1CCN(C2CCN(CCC(C)C)C2=O)CC1. The number of hydrogen-bond acceptors (Lipinski definition) is 4. The van der Waals surface area contributed by atoms with Gasteiger partial charge in [-0.1, -0.05) is 20.8 Å². The maximum Gasteiger partial charge on any atom is 0.239 e. The minimum Gasteiger partial charge on any atom is -0.341 e. The molecule has 0 radical (unpaired) electrons. The van der Waals surface area contributed by atoms with Gasteiger partial charge in [-0.15, -0.1) is 0 Å². The fourth-order valence-electron chi connectivity index (χ4n) is 3.38. The number of carbonyl (C=O) groups excluding carboxylic acids is 1. The molecule has 0 aromatic rings. The average Bonchev–Trinajstić information content (AvgIpc) is 2.86. The topological polar surface area (TPSA) is 60.9 Å². The Labute approximate surface area is 140 Å². The van der Waals surface area contributed by atoms with Crippen LogP contribution in [0, 0.1) is 5.92 Å².